The SMILES string of the molecule is CCc1ccc(CCC2Cc3ccc(C)c(F)c3C(=O)O2)cc1. The second-order valence-electron chi connectivity index (χ2n) is 6.17. The van der Waals surface area contributed by atoms with Crippen molar-refractivity contribution in [3.8, 4) is 0 Å². The van der Waals surface area contributed by atoms with Crippen LogP contribution in [0.15, 0.2) is 36.4 Å². The van der Waals surface area contributed by atoms with E-state index in [0.717, 1.165) is 24.8 Å². The summed E-state index contributed by atoms with van der Waals surface area (Å²) in [6.45, 7) is 3.80. The van der Waals surface area contributed by atoms with Crippen molar-refractivity contribution in [2.75, 3.05) is 0 Å². The van der Waals surface area contributed by atoms with Crippen molar-refractivity contribution < 1.29 is 13.9 Å². The van der Waals surface area contributed by atoms with Gasteiger partial charge in [-0.15, -0.1) is 0 Å². The Balaban J connectivity index is 1.68. The molecule has 2 aromatic carbocycles. The fraction of sp³-hybridized carbons (Fsp3) is 0.350. The molecule has 23 heavy (non-hydrogen) atoms. The summed E-state index contributed by atoms with van der Waals surface area (Å²) in [5.74, 6) is -0.972. The summed E-state index contributed by atoms with van der Waals surface area (Å²) in [6, 6.07) is 12.1. The average Bonchev–Trinajstić information content (AvgIpc) is 2.56. The number of hydrogen-bond acceptors (Lipinski definition) is 2. The zero-order valence-electron chi connectivity index (χ0n) is 13.6. The number of hydrogen-bond donors (Lipinski definition) is 0. The molecule has 0 radical (unpaired) electrons. The largest absolute Gasteiger partial charge is 0.458 e. The highest BCUT2D eigenvalue weighted by molar-refractivity contribution is 5.92. The Morgan fingerprint density at radius 2 is 1.83 bits per heavy atom. The summed E-state index contributed by atoms with van der Waals surface area (Å²) in [5.41, 5.74) is 3.91. The molecule has 0 amide bonds. The molecule has 3 heteroatoms. The first-order chi connectivity index (χ1) is 11.1. The van der Waals surface area contributed by atoms with Crippen LogP contribution in [0.4, 0.5) is 4.39 Å². The summed E-state index contributed by atoms with van der Waals surface area (Å²) < 4.78 is 19.5. The molecule has 0 bridgehead atoms. The fourth-order valence-electron chi connectivity index (χ4n) is 3.04. The second-order valence-corrected chi connectivity index (χ2v) is 6.17. The van der Waals surface area contributed by atoms with E-state index in [1.807, 2.05) is 6.07 Å². The molecule has 1 heterocycles. The number of rotatable bonds is 4. The number of benzene rings is 2. The Morgan fingerprint density at radius 1 is 1.13 bits per heavy atom. The van der Waals surface area contributed by atoms with Gasteiger partial charge in [0.05, 0.1) is 5.56 Å². The van der Waals surface area contributed by atoms with Gasteiger partial charge in [-0.2, -0.15) is 0 Å². The molecule has 3 rings (SSSR count). The Hall–Kier alpha value is -2.16. The molecule has 1 aliphatic rings. The normalized spacial score (nSPS) is 16.8. The van der Waals surface area contributed by atoms with Gasteiger partial charge in [-0.3, -0.25) is 0 Å². The van der Waals surface area contributed by atoms with Crippen LogP contribution in [-0.4, -0.2) is 12.1 Å². The Kier molecular flexibility index (Phi) is 4.46. The van der Waals surface area contributed by atoms with Crippen LogP contribution in [0.25, 0.3) is 0 Å². The first-order valence-electron chi connectivity index (χ1n) is 8.15. The van der Waals surface area contributed by atoms with E-state index in [2.05, 4.69) is 31.2 Å². The lowest BCUT2D eigenvalue weighted by atomic mass is 9.93. The number of ether oxygens (including phenoxy) is 1. The second kappa shape index (κ2) is 6.53. The van der Waals surface area contributed by atoms with Crippen molar-refractivity contribution in [2.45, 2.75) is 45.6 Å². The maximum absolute atomic E-state index is 14.1. The highest BCUT2D eigenvalue weighted by Gasteiger charge is 2.29. The minimum atomic E-state index is -0.529. The zero-order chi connectivity index (χ0) is 16.4. The first kappa shape index (κ1) is 15.7. The molecule has 0 spiro atoms. The summed E-state index contributed by atoms with van der Waals surface area (Å²) in [4.78, 5) is 12.1. The molecule has 1 unspecified atom stereocenters. The molecule has 0 saturated carbocycles. The summed E-state index contributed by atoms with van der Waals surface area (Å²) in [5, 5.41) is 0. The van der Waals surface area contributed by atoms with Crippen molar-refractivity contribution >= 4 is 5.97 Å². The van der Waals surface area contributed by atoms with E-state index in [4.69, 9.17) is 4.74 Å². The van der Waals surface area contributed by atoms with Crippen LogP contribution in [0.1, 0.15) is 46.0 Å². The smallest absolute Gasteiger partial charge is 0.341 e. The number of halogens is 1. The summed E-state index contributed by atoms with van der Waals surface area (Å²) >= 11 is 0. The lowest BCUT2D eigenvalue weighted by Crippen LogP contribution is -2.29. The van der Waals surface area contributed by atoms with Crippen LogP contribution in [-0.2, 0) is 24.0 Å². The highest BCUT2D eigenvalue weighted by Crippen LogP contribution is 2.27. The number of esters is 1. The van der Waals surface area contributed by atoms with Crippen LogP contribution in [0.5, 0.6) is 0 Å². The van der Waals surface area contributed by atoms with E-state index in [0.29, 0.717) is 12.0 Å². The molecule has 2 aromatic rings. The third-order valence-corrected chi connectivity index (χ3v) is 4.53. The predicted molar refractivity (Wildman–Crippen MR) is 88.2 cm³/mol. The standard InChI is InChI=1S/C20H21FO2/c1-3-14-5-7-15(8-6-14)9-11-17-12-16-10-4-13(2)19(21)18(16)20(22)23-17/h4-8,10,17H,3,9,11-12H2,1-2H3. The molecule has 0 aromatic heterocycles. The number of aryl methyl sites for hydroxylation is 3. The quantitative estimate of drug-likeness (QED) is 0.782. The molecule has 0 saturated heterocycles. The summed E-state index contributed by atoms with van der Waals surface area (Å²) in [6.07, 6.45) is 3.05. The lowest BCUT2D eigenvalue weighted by molar-refractivity contribution is 0.0231. The van der Waals surface area contributed by atoms with E-state index in [-0.39, 0.29) is 11.7 Å². The van der Waals surface area contributed by atoms with Gasteiger partial charge in [0.2, 0.25) is 0 Å². The number of carbonyl (C=O) groups is 1. The van der Waals surface area contributed by atoms with Gasteiger partial charge in [-0.05, 0) is 48.4 Å². The maximum Gasteiger partial charge on any atom is 0.341 e. The minimum absolute atomic E-state index is 0.119. The number of cyclic esters (lactones) is 1. The van der Waals surface area contributed by atoms with Crippen LogP contribution < -0.4 is 0 Å². The minimum Gasteiger partial charge on any atom is -0.458 e. The highest BCUT2D eigenvalue weighted by atomic mass is 19.1. The van der Waals surface area contributed by atoms with Crippen molar-refractivity contribution in [1.82, 2.24) is 0 Å². The van der Waals surface area contributed by atoms with Gasteiger partial charge in [0.1, 0.15) is 11.9 Å². The molecule has 0 N–H and O–H groups in total. The third kappa shape index (κ3) is 3.29. The Bertz CT molecular complexity index is 719. The number of fused-ring (bicyclic) bond motifs is 1. The van der Waals surface area contributed by atoms with Gasteiger partial charge in [-0.1, -0.05) is 43.3 Å². The van der Waals surface area contributed by atoms with Crippen molar-refractivity contribution in [3.63, 3.8) is 0 Å². The van der Waals surface area contributed by atoms with Crippen LogP contribution in [0.3, 0.4) is 0 Å². The van der Waals surface area contributed by atoms with Crippen LogP contribution in [0.2, 0.25) is 0 Å². The van der Waals surface area contributed by atoms with Crippen LogP contribution in [0, 0.1) is 12.7 Å². The summed E-state index contributed by atoms with van der Waals surface area (Å²) in [7, 11) is 0. The predicted octanol–water partition coefficient (Wildman–Crippen LogP) is 4.41. The average molecular weight is 312 g/mol. The molecular weight excluding hydrogens is 291 g/mol. The fourth-order valence-corrected chi connectivity index (χ4v) is 3.04. The topological polar surface area (TPSA) is 26.3 Å². The molecule has 1 atom stereocenters. The van der Waals surface area contributed by atoms with Crippen molar-refractivity contribution in [1.29, 1.82) is 0 Å². The number of carbonyl (C=O) groups excluding carboxylic acids is 1. The van der Waals surface area contributed by atoms with E-state index >= 15 is 0 Å². The van der Waals surface area contributed by atoms with Gasteiger partial charge in [0, 0.05) is 6.42 Å². The maximum atomic E-state index is 14.1. The molecule has 1 aliphatic heterocycles. The molecule has 120 valence electrons. The van der Waals surface area contributed by atoms with Crippen molar-refractivity contribution in [3.05, 3.63) is 70.0 Å². The van der Waals surface area contributed by atoms with Gasteiger partial charge in [0.15, 0.2) is 0 Å². The van der Waals surface area contributed by atoms with E-state index in [9.17, 15) is 9.18 Å². The van der Waals surface area contributed by atoms with Gasteiger partial charge in [-0.25, -0.2) is 9.18 Å². The van der Waals surface area contributed by atoms with Gasteiger partial charge >= 0.3 is 5.97 Å². The monoisotopic (exact) mass is 312 g/mol. The van der Waals surface area contributed by atoms with Crippen molar-refractivity contribution in [2.24, 2.45) is 0 Å². The van der Waals surface area contributed by atoms with Gasteiger partial charge in [0.25, 0.3) is 0 Å². The molecular formula is C20H21FO2. The Labute approximate surface area is 136 Å². The zero-order valence-corrected chi connectivity index (χ0v) is 13.6. The van der Waals surface area contributed by atoms with Gasteiger partial charge < -0.3 is 4.74 Å². The Morgan fingerprint density at radius 3 is 2.52 bits per heavy atom. The van der Waals surface area contributed by atoms with E-state index in [1.54, 1.807) is 13.0 Å². The first-order valence-corrected chi connectivity index (χ1v) is 8.15. The van der Waals surface area contributed by atoms with E-state index < -0.39 is 11.8 Å². The lowest BCUT2D eigenvalue weighted by Gasteiger charge is -2.25. The third-order valence-electron chi connectivity index (χ3n) is 4.53. The molecule has 2 nitrogen and oxygen atoms in total. The van der Waals surface area contributed by atoms with Crippen LogP contribution >= 0.6 is 0 Å². The molecule has 0 aliphatic carbocycles. The van der Waals surface area contributed by atoms with E-state index in [1.165, 1.54) is 11.1 Å². The molecule has 0 fully saturated rings.